The SMILES string of the molecule is COC(=O)[C@H](Cc1cccc(C(F)(F)F)c1)NC(=O)C(C)C. The molecule has 0 unspecified atom stereocenters. The lowest BCUT2D eigenvalue weighted by molar-refractivity contribution is -0.145. The average molecular weight is 317 g/mol. The van der Waals surface area contributed by atoms with E-state index in [1.165, 1.54) is 12.1 Å². The molecule has 0 aliphatic rings. The molecule has 0 saturated carbocycles. The van der Waals surface area contributed by atoms with Crippen LogP contribution in [0.25, 0.3) is 0 Å². The van der Waals surface area contributed by atoms with Crippen LogP contribution in [0.2, 0.25) is 0 Å². The highest BCUT2D eigenvalue weighted by Crippen LogP contribution is 2.29. The molecule has 0 aliphatic carbocycles. The van der Waals surface area contributed by atoms with Crippen molar-refractivity contribution in [3.8, 4) is 0 Å². The number of nitrogens with one attached hydrogen (secondary N) is 1. The fraction of sp³-hybridized carbons (Fsp3) is 0.467. The second-order valence-corrected chi connectivity index (χ2v) is 5.14. The van der Waals surface area contributed by atoms with Crippen LogP contribution in [0.15, 0.2) is 24.3 Å². The van der Waals surface area contributed by atoms with E-state index in [-0.39, 0.29) is 23.8 Å². The number of ether oxygens (including phenoxy) is 1. The van der Waals surface area contributed by atoms with E-state index in [4.69, 9.17) is 0 Å². The van der Waals surface area contributed by atoms with Gasteiger partial charge >= 0.3 is 12.1 Å². The summed E-state index contributed by atoms with van der Waals surface area (Å²) in [6, 6.07) is 3.60. The van der Waals surface area contributed by atoms with E-state index >= 15 is 0 Å². The summed E-state index contributed by atoms with van der Waals surface area (Å²) in [6.07, 6.45) is -4.53. The van der Waals surface area contributed by atoms with Gasteiger partial charge in [0, 0.05) is 12.3 Å². The molecular weight excluding hydrogens is 299 g/mol. The van der Waals surface area contributed by atoms with Crippen LogP contribution < -0.4 is 5.32 Å². The number of carbonyl (C=O) groups is 2. The summed E-state index contributed by atoms with van der Waals surface area (Å²) in [6.45, 7) is 3.29. The van der Waals surface area contributed by atoms with Gasteiger partial charge in [-0.3, -0.25) is 4.79 Å². The first-order chi connectivity index (χ1) is 10.1. The number of rotatable bonds is 5. The molecule has 0 aliphatic heterocycles. The number of hydrogen-bond donors (Lipinski definition) is 1. The Kier molecular flexibility index (Phi) is 5.96. The molecule has 0 bridgehead atoms. The first-order valence-electron chi connectivity index (χ1n) is 6.69. The normalized spacial score (nSPS) is 12.9. The molecule has 0 saturated heterocycles. The topological polar surface area (TPSA) is 55.4 Å². The molecule has 1 aromatic carbocycles. The van der Waals surface area contributed by atoms with Gasteiger partial charge in [0.05, 0.1) is 12.7 Å². The summed E-state index contributed by atoms with van der Waals surface area (Å²) in [5.41, 5.74) is -0.516. The Balaban J connectivity index is 2.95. The highest BCUT2D eigenvalue weighted by Gasteiger charge is 2.31. The molecule has 0 aromatic heterocycles. The zero-order valence-electron chi connectivity index (χ0n) is 12.5. The number of benzene rings is 1. The summed E-state index contributed by atoms with van der Waals surface area (Å²) in [5, 5.41) is 2.48. The first-order valence-corrected chi connectivity index (χ1v) is 6.69. The number of halogens is 3. The molecule has 1 N–H and O–H groups in total. The first kappa shape index (κ1) is 18.0. The van der Waals surface area contributed by atoms with Gasteiger partial charge in [-0.1, -0.05) is 32.0 Å². The Morgan fingerprint density at radius 3 is 2.41 bits per heavy atom. The molecule has 1 aromatic rings. The molecule has 1 atom stereocenters. The van der Waals surface area contributed by atoms with Crippen LogP contribution in [0.1, 0.15) is 25.0 Å². The fourth-order valence-electron chi connectivity index (χ4n) is 1.78. The van der Waals surface area contributed by atoms with E-state index in [1.54, 1.807) is 13.8 Å². The molecule has 4 nitrogen and oxygen atoms in total. The maximum Gasteiger partial charge on any atom is 0.416 e. The van der Waals surface area contributed by atoms with Gasteiger partial charge in [0.1, 0.15) is 6.04 Å². The highest BCUT2D eigenvalue weighted by molar-refractivity contribution is 5.85. The van der Waals surface area contributed by atoms with Gasteiger partial charge in [-0.05, 0) is 11.6 Å². The van der Waals surface area contributed by atoms with Crippen LogP contribution in [0.5, 0.6) is 0 Å². The van der Waals surface area contributed by atoms with E-state index in [9.17, 15) is 22.8 Å². The number of esters is 1. The summed E-state index contributed by atoms with van der Waals surface area (Å²) >= 11 is 0. The second kappa shape index (κ2) is 7.29. The zero-order valence-corrected chi connectivity index (χ0v) is 12.5. The van der Waals surface area contributed by atoms with Crippen LogP contribution in [0.4, 0.5) is 13.2 Å². The van der Waals surface area contributed by atoms with Crippen LogP contribution in [0.3, 0.4) is 0 Å². The average Bonchev–Trinajstić information content (AvgIpc) is 2.44. The van der Waals surface area contributed by atoms with E-state index < -0.39 is 23.8 Å². The maximum absolute atomic E-state index is 12.7. The van der Waals surface area contributed by atoms with Gasteiger partial charge in [0.15, 0.2) is 0 Å². The lowest BCUT2D eigenvalue weighted by Crippen LogP contribution is -2.44. The predicted octanol–water partition coefficient (Wildman–Crippen LogP) is 2.56. The van der Waals surface area contributed by atoms with Crippen LogP contribution in [-0.4, -0.2) is 25.0 Å². The molecule has 0 fully saturated rings. The van der Waals surface area contributed by atoms with Gasteiger partial charge in [0.25, 0.3) is 0 Å². The lowest BCUT2D eigenvalue weighted by atomic mass is 10.0. The van der Waals surface area contributed by atoms with Crippen LogP contribution in [0, 0.1) is 5.92 Å². The van der Waals surface area contributed by atoms with Gasteiger partial charge in [0.2, 0.25) is 5.91 Å². The van der Waals surface area contributed by atoms with E-state index in [0.717, 1.165) is 19.2 Å². The minimum atomic E-state index is -4.46. The van der Waals surface area contributed by atoms with Gasteiger partial charge in [-0.15, -0.1) is 0 Å². The third-order valence-corrected chi connectivity index (χ3v) is 3.02. The van der Waals surface area contributed by atoms with Crippen molar-refractivity contribution < 1.29 is 27.5 Å². The third kappa shape index (κ3) is 5.05. The lowest BCUT2D eigenvalue weighted by Gasteiger charge is -2.18. The van der Waals surface area contributed by atoms with Crippen molar-refractivity contribution in [2.24, 2.45) is 5.92 Å². The zero-order chi connectivity index (χ0) is 16.9. The minimum Gasteiger partial charge on any atom is -0.467 e. The summed E-state index contributed by atoms with van der Waals surface area (Å²) in [7, 11) is 1.16. The van der Waals surface area contributed by atoms with E-state index in [0.29, 0.717) is 0 Å². The Hall–Kier alpha value is -2.05. The maximum atomic E-state index is 12.7. The molecule has 7 heteroatoms. The number of amides is 1. The van der Waals surface area contributed by atoms with Crippen molar-refractivity contribution >= 4 is 11.9 Å². The van der Waals surface area contributed by atoms with Gasteiger partial charge in [-0.25, -0.2) is 4.79 Å². The summed E-state index contributed by atoms with van der Waals surface area (Å²) in [4.78, 5) is 23.4. The summed E-state index contributed by atoms with van der Waals surface area (Å²) < 4.78 is 42.6. The Morgan fingerprint density at radius 1 is 1.27 bits per heavy atom. The van der Waals surface area contributed by atoms with Crippen LogP contribution >= 0.6 is 0 Å². The molecule has 0 spiro atoms. The van der Waals surface area contributed by atoms with Crippen molar-refractivity contribution in [2.75, 3.05) is 7.11 Å². The fourth-order valence-corrected chi connectivity index (χ4v) is 1.78. The Morgan fingerprint density at radius 2 is 1.91 bits per heavy atom. The van der Waals surface area contributed by atoms with Crippen LogP contribution in [-0.2, 0) is 26.9 Å². The molecular formula is C15H18F3NO3. The molecule has 1 amide bonds. The third-order valence-electron chi connectivity index (χ3n) is 3.02. The summed E-state index contributed by atoms with van der Waals surface area (Å²) in [5.74, 6) is -1.43. The largest absolute Gasteiger partial charge is 0.467 e. The van der Waals surface area contributed by atoms with E-state index in [1.807, 2.05) is 0 Å². The smallest absolute Gasteiger partial charge is 0.416 e. The van der Waals surface area contributed by atoms with Crippen molar-refractivity contribution in [3.05, 3.63) is 35.4 Å². The predicted molar refractivity (Wildman–Crippen MR) is 73.9 cm³/mol. The molecule has 1 rings (SSSR count). The minimum absolute atomic E-state index is 0.0744. The Bertz CT molecular complexity index is 541. The van der Waals surface area contributed by atoms with Crippen molar-refractivity contribution in [1.82, 2.24) is 5.32 Å². The number of alkyl halides is 3. The van der Waals surface area contributed by atoms with E-state index in [2.05, 4.69) is 10.1 Å². The van der Waals surface area contributed by atoms with Crippen molar-refractivity contribution in [2.45, 2.75) is 32.5 Å². The number of methoxy groups -OCH3 is 1. The number of carbonyl (C=O) groups excluding carboxylic acids is 2. The molecule has 22 heavy (non-hydrogen) atoms. The quantitative estimate of drug-likeness (QED) is 0.849. The standard InChI is InChI=1S/C15H18F3NO3/c1-9(2)13(20)19-12(14(21)22-3)8-10-5-4-6-11(7-10)15(16,17)18/h4-7,9,12H,8H2,1-3H3,(H,19,20)/t12-/m0/s1. The van der Waals surface area contributed by atoms with Gasteiger partial charge < -0.3 is 10.1 Å². The Labute approximate surface area is 126 Å². The van der Waals surface area contributed by atoms with Crippen molar-refractivity contribution in [3.63, 3.8) is 0 Å². The number of hydrogen-bond acceptors (Lipinski definition) is 3. The molecule has 122 valence electrons. The van der Waals surface area contributed by atoms with Crippen molar-refractivity contribution in [1.29, 1.82) is 0 Å². The monoisotopic (exact) mass is 317 g/mol. The second-order valence-electron chi connectivity index (χ2n) is 5.14. The van der Waals surface area contributed by atoms with Gasteiger partial charge in [-0.2, -0.15) is 13.2 Å². The molecule has 0 radical (unpaired) electrons. The molecule has 0 heterocycles. The highest BCUT2D eigenvalue weighted by atomic mass is 19.4.